The van der Waals surface area contributed by atoms with Crippen molar-refractivity contribution >= 4 is 39.2 Å². The topological polar surface area (TPSA) is 125 Å². The lowest BCUT2D eigenvalue weighted by Gasteiger charge is -2.10. The number of benzene rings is 2. The number of carbonyl (C=O) groups excluding carboxylic acids is 2. The van der Waals surface area contributed by atoms with Crippen LogP contribution in [0.5, 0.6) is 0 Å². The molecule has 0 spiro atoms. The average molecular weight is 450 g/mol. The summed E-state index contributed by atoms with van der Waals surface area (Å²) >= 11 is 5.88. The van der Waals surface area contributed by atoms with E-state index >= 15 is 0 Å². The first-order valence-electron chi connectivity index (χ1n) is 8.84. The molecule has 0 unspecified atom stereocenters. The minimum absolute atomic E-state index is 0.149. The van der Waals surface area contributed by atoms with Crippen molar-refractivity contribution in [2.24, 2.45) is 0 Å². The third kappa shape index (κ3) is 6.56. The number of aryl methyl sites for hydroxylation is 2. The van der Waals surface area contributed by atoms with Crippen LogP contribution in [0.25, 0.3) is 0 Å². The van der Waals surface area contributed by atoms with E-state index in [9.17, 15) is 18.0 Å². The van der Waals surface area contributed by atoms with Crippen LogP contribution >= 0.6 is 11.6 Å². The van der Waals surface area contributed by atoms with E-state index in [0.29, 0.717) is 11.3 Å². The van der Waals surface area contributed by atoms with Gasteiger partial charge in [-0.3, -0.25) is 9.59 Å². The lowest BCUT2D eigenvalue weighted by atomic mass is 10.2. The third-order valence-corrected chi connectivity index (χ3v) is 5.91. The van der Waals surface area contributed by atoms with Crippen LogP contribution in [0.15, 0.2) is 41.3 Å². The van der Waals surface area contributed by atoms with E-state index in [1.165, 1.54) is 18.2 Å². The van der Waals surface area contributed by atoms with Gasteiger partial charge in [0.2, 0.25) is 10.0 Å². The zero-order valence-corrected chi connectivity index (χ0v) is 17.9. The number of nitrogens with zero attached hydrogens (tertiary/aromatic N) is 1. The van der Waals surface area contributed by atoms with Crippen molar-refractivity contribution in [1.82, 2.24) is 4.72 Å². The van der Waals surface area contributed by atoms with Gasteiger partial charge in [0.05, 0.1) is 21.9 Å². The Labute approximate surface area is 179 Å². The van der Waals surface area contributed by atoms with Crippen molar-refractivity contribution in [3.63, 3.8) is 0 Å². The number of anilines is 1. The predicted molar refractivity (Wildman–Crippen MR) is 111 cm³/mol. The van der Waals surface area contributed by atoms with Crippen molar-refractivity contribution in [3.05, 3.63) is 58.1 Å². The largest absolute Gasteiger partial charge is 0.456 e. The molecule has 0 aliphatic carbocycles. The molecule has 1 amide bonds. The third-order valence-electron chi connectivity index (χ3n) is 3.99. The Morgan fingerprint density at radius 3 is 2.57 bits per heavy atom. The quantitative estimate of drug-likeness (QED) is 0.597. The second kappa shape index (κ2) is 10.2. The van der Waals surface area contributed by atoms with Crippen molar-refractivity contribution in [2.75, 3.05) is 18.5 Å². The Kier molecular flexibility index (Phi) is 7.94. The fourth-order valence-corrected chi connectivity index (χ4v) is 4.04. The fraction of sp³-hybridized carbons (Fsp3) is 0.250. The number of esters is 1. The van der Waals surface area contributed by atoms with E-state index in [2.05, 4.69) is 10.0 Å². The normalized spacial score (nSPS) is 10.9. The van der Waals surface area contributed by atoms with Crippen LogP contribution in [0.2, 0.25) is 5.02 Å². The molecule has 158 valence electrons. The smallest absolute Gasteiger partial charge is 0.307 e. The maximum atomic E-state index is 12.4. The van der Waals surface area contributed by atoms with E-state index in [0.717, 1.165) is 5.56 Å². The van der Waals surface area contributed by atoms with Gasteiger partial charge in [-0.05, 0) is 49.2 Å². The van der Waals surface area contributed by atoms with E-state index in [-0.39, 0.29) is 28.4 Å². The number of amides is 1. The molecule has 2 aromatic rings. The number of hydrogen-bond acceptors (Lipinski definition) is 6. The maximum Gasteiger partial charge on any atom is 0.307 e. The number of carbonyl (C=O) groups is 2. The summed E-state index contributed by atoms with van der Waals surface area (Å²) in [6.45, 7) is 2.76. The molecule has 0 aromatic heterocycles. The molecule has 2 aromatic carbocycles. The first kappa shape index (κ1) is 23.3. The number of nitrogens with one attached hydrogen (secondary N) is 2. The molecule has 0 bridgehead atoms. The summed E-state index contributed by atoms with van der Waals surface area (Å²) in [4.78, 5) is 23.8. The molecule has 0 heterocycles. The minimum Gasteiger partial charge on any atom is -0.456 e. The van der Waals surface area contributed by atoms with Gasteiger partial charge >= 0.3 is 5.97 Å². The van der Waals surface area contributed by atoms with Gasteiger partial charge in [-0.25, -0.2) is 13.1 Å². The summed E-state index contributed by atoms with van der Waals surface area (Å²) in [5.41, 5.74) is 2.01. The number of hydrogen-bond donors (Lipinski definition) is 2. The van der Waals surface area contributed by atoms with Gasteiger partial charge in [-0.2, -0.15) is 5.26 Å². The van der Waals surface area contributed by atoms with Gasteiger partial charge < -0.3 is 10.1 Å². The molecule has 0 aliphatic heterocycles. The zero-order chi connectivity index (χ0) is 22.3. The van der Waals surface area contributed by atoms with Crippen LogP contribution in [-0.4, -0.2) is 33.4 Å². The van der Waals surface area contributed by atoms with Crippen molar-refractivity contribution in [1.29, 1.82) is 5.26 Å². The monoisotopic (exact) mass is 449 g/mol. The summed E-state index contributed by atoms with van der Waals surface area (Å²) in [6.07, 6.45) is -0.236. The van der Waals surface area contributed by atoms with Crippen LogP contribution in [-0.2, 0) is 24.3 Å². The predicted octanol–water partition coefficient (Wildman–Crippen LogP) is 2.68. The van der Waals surface area contributed by atoms with Crippen LogP contribution in [0.3, 0.4) is 0 Å². The number of sulfonamides is 1. The Balaban J connectivity index is 1.79. The molecule has 0 saturated carbocycles. The summed E-state index contributed by atoms with van der Waals surface area (Å²) in [5.74, 6) is -1.33. The van der Waals surface area contributed by atoms with E-state index in [4.69, 9.17) is 21.6 Å². The molecule has 2 N–H and O–H groups in total. The first-order chi connectivity index (χ1) is 14.1. The molecule has 2 rings (SSSR count). The molecule has 8 nitrogen and oxygen atoms in total. The number of ether oxygens (including phenoxy) is 1. The first-order valence-corrected chi connectivity index (χ1v) is 10.7. The zero-order valence-electron chi connectivity index (χ0n) is 16.4. The number of rotatable bonds is 8. The highest BCUT2D eigenvalue weighted by atomic mass is 35.5. The Morgan fingerprint density at radius 2 is 1.90 bits per heavy atom. The lowest BCUT2D eigenvalue weighted by molar-refractivity contribution is -0.147. The molecule has 30 heavy (non-hydrogen) atoms. The summed E-state index contributed by atoms with van der Waals surface area (Å²) < 4.78 is 31.9. The molecule has 0 aliphatic rings. The highest BCUT2D eigenvalue weighted by molar-refractivity contribution is 7.89. The molecule has 10 heteroatoms. The summed E-state index contributed by atoms with van der Waals surface area (Å²) in [6, 6.07) is 11.3. The maximum absolute atomic E-state index is 12.4. The van der Waals surface area contributed by atoms with Gasteiger partial charge in [0.1, 0.15) is 6.07 Å². The molecular formula is C20H20ClN3O5S. The van der Waals surface area contributed by atoms with Crippen LogP contribution < -0.4 is 10.0 Å². The van der Waals surface area contributed by atoms with Gasteiger partial charge in [-0.15, -0.1) is 0 Å². The standard InChI is InChI=1S/C20H20ClN3O5S/c1-13-3-4-14(2)18(9-13)30(27,28)23-8-7-20(26)29-12-19(25)24-16-6-5-15(11-22)17(21)10-16/h3-6,9-10,23H,7-8,12H2,1-2H3,(H,24,25). The van der Waals surface area contributed by atoms with E-state index in [1.807, 2.05) is 12.1 Å². The second-order valence-corrected chi connectivity index (χ2v) is 8.57. The molecule has 0 atom stereocenters. The summed E-state index contributed by atoms with van der Waals surface area (Å²) in [7, 11) is -3.76. The number of nitriles is 1. The molecule has 0 saturated heterocycles. The number of halogens is 1. The lowest BCUT2D eigenvalue weighted by Crippen LogP contribution is -2.28. The highest BCUT2D eigenvalue weighted by Crippen LogP contribution is 2.20. The minimum atomic E-state index is -3.76. The highest BCUT2D eigenvalue weighted by Gasteiger charge is 2.17. The fourth-order valence-electron chi connectivity index (χ4n) is 2.46. The van der Waals surface area contributed by atoms with Crippen molar-refractivity contribution in [3.8, 4) is 6.07 Å². The Hall–Kier alpha value is -2.93. The Morgan fingerprint density at radius 1 is 1.17 bits per heavy atom. The van der Waals surface area contributed by atoms with Gasteiger partial charge in [0.15, 0.2) is 6.61 Å². The van der Waals surface area contributed by atoms with E-state index in [1.54, 1.807) is 26.0 Å². The van der Waals surface area contributed by atoms with Crippen LogP contribution in [0.1, 0.15) is 23.1 Å². The summed E-state index contributed by atoms with van der Waals surface area (Å²) in [5, 5.41) is 11.5. The molecule has 0 fully saturated rings. The molecule has 0 radical (unpaired) electrons. The van der Waals surface area contributed by atoms with E-state index < -0.39 is 28.5 Å². The van der Waals surface area contributed by atoms with Gasteiger partial charge in [0.25, 0.3) is 5.91 Å². The van der Waals surface area contributed by atoms with Crippen LogP contribution in [0.4, 0.5) is 5.69 Å². The SMILES string of the molecule is Cc1ccc(C)c(S(=O)(=O)NCCC(=O)OCC(=O)Nc2ccc(C#N)c(Cl)c2)c1. The molecular weight excluding hydrogens is 430 g/mol. The van der Waals surface area contributed by atoms with Crippen molar-refractivity contribution in [2.45, 2.75) is 25.2 Å². The van der Waals surface area contributed by atoms with Gasteiger partial charge in [-0.1, -0.05) is 23.7 Å². The van der Waals surface area contributed by atoms with Crippen molar-refractivity contribution < 1.29 is 22.7 Å². The van der Waals surface area contributed by atoms with Crippen LogP contribution in [0, 0.1) is 25.2 Å². The average Bonchev–Trinajstić information content (AvgIpc) is 2.68. The Bertz CT molecular complexity index is 1110. The van der Waals surface area contributed by atoms with Gasteiger partial charge in [0, 0.05) is 12.2 Å². The second-order valence-electron chi connectivity index (χ2n) is 6.43.